The van der Waals surface area contributed by atoms with Gasteiger partial charge in [0.2, 0.25) is 5.91 Å². The summed E-state index contributed by atoms with van der Waals surface area (Å²) in [5.74, 6) is 1.02. The molecule has 128 valence electrons. The molecule has 1 amide bonds. The number of nitrogens with zero attached hydrogens (tertiary/aromatic N) is 3. The maximum atomic E-state index is 12.3. The summed E-state index contributed by atoms with van der Waals surface area (Å²) in [7, 11) is 0. The minimum Gasteiger partial charge on any atom is -0.326 e. The van der Waals surface area contributed by atoms with Crippen LogP contribution in [0.4, 0.5) is 5.82 Å². The molecule has 1 aliphatic heterocycles. The second kappa shape index (κ2) is 7.59. The molecule has 2 aromatic rings. The van der Waals surface area contributed by atoms with Gasteiger partial charge in [-0.3, -0.25) is 9.69 Å². The fourth-order valence-electron chi connectivity index (χ4n) is 3.31. The van der Waals surface area contributed by atoms with Crippen LogP contribution in [0.1, 0.15) is 24.8 Å². The van der Waals surface area contributed by atoms with Crippen LogP contribution < -0.4 is 11.1 Å². The maximum absolute atomic E-state index is 12.3. The van der Waals surface area contributed by atoms with Crippen molar-refractivity contribution in [3.63, 3.8) is 0 Å². The van der Waals surface area contributed by atoms with E-state index in [-0.39, 0.29) is 17.9 Å². The Morgan fingerprint density at radius 3 is 2.83 bits per heavy atom. The van der Waals surface area contributed by atoms with Gasteiger partial charge in [-0.05, 0) is 12.0 Å². The summed E-state index contributed by atoms with van der Waals surface area (Å²) in [5, 5.41) is 7.17. The second-order valence-electron chi connectivity index (χ2n) is 6.36. The lowest BCUT2D eigenvalue weighted by molar-refractivity contribution is -0.117. The third-order valence-electron chi connectivity index (χ3n) is 4.46. The molecule has 0 radical (unpaired) electrons. The van der Waals surface area contributed by atoms with Crippen molar-refractivity contribution in [3.8, 4) is 0 Å². The summed E-state index contributed by atoms with van der Waals surface area (Å²) in [6.45, 7) is 4.79. The first-order valence-electron chi connectivity index (χ1n) is 8.52. The number of nitrogens with two attached hydrogens (primary N) is 1. The van der Waals surface area contributed by atoms with Crippen molar-refractivity contribution in [2.75, 3.05) is 25.0 Å². The molecular weight excluding hydrogens is 302 g/mol. The number of carbonyl (C=O) groups excluding carboxylic acids is 1. The number of nitrogens with one attached hydrogen (secondary N) is 1. The van der Waals surface area contributed by atoms with Gasteiger partial charge in [0.15, 0.2) is 0 Å². The molecule has 2 atom stereocenters. The van der Waals surface area contributed by atoms with Gasteiger partial charge < -0.3 is 11.1 Å². The van der Waals surface area contributed by atoms with Crippen molar-refractivity contribution in [1.82, 2.24) is 14.7 Å². The van der Waals surface area contributed by atoms with Gasteiger partial charge in [-0.15, -0.1) is 0 Å². The first-order chi connectivity index (χ1) is 11.7. The molecule has 0 spiro atoms. The van der Waals surface area contributed by atoms with Gasteiger partial charge in [0.05, 0.1) is 12.7 Å². The molecule has 0 bridgehead atoms. The minimum atomic E-state index is -0.0197. The van der Waals surface area contributed by atoms with Crippen LogP contribution in [0.25, 0.3) is 0 Å². The lowest BCUT2D eigenvalue weighted by Crippen LogP contribution is -2.34. The summed E-state index contributed by atoms with van der Waals surface area (Å²) in [5.41, 5.74) is 7.53. The van der Waals surface area contributed by atoms with Crippen molar-refractivity contribution in [1.29, 1.82) is 0 Å². The quantitative estimate of drug-likeness (QED) is 0.846. The van der Waals surface area contributed by atoms with E-state index in [0.717, 1.165) is 31.9 Å². The third-order valence-corrected chi connectivity index (χ3v) is 4.46. The monoisotopic (exact) mass is 327 g/mol. The van der Waals surface area contributed by atoms with Crippen molar-refractivity contribution in [3.05, 3.63) is 48.2 Å². The number of anilines is 1. The van der Waals surface area contributed by atoms with Gasteiger partial charge in [0.25, 0.3) is 0 Å². The molecule has 1 aliphatic rings. The Labute approximate surface area is 142 Å². The molecule has 0 saturated carbocycles. The molecule has 1 saturated heterocycles. The predicted octanol–water partition coefficient (Wildman–Crippen LogP) is 1.66. The molecule has 0 aliphatic carbocycles. The number of aryl methyl sites for hydroxylation is 1. The zero-order valence-corrected chi connectivity index (χ0v) is 14.1. The molecule has 24 heavy (non-hydrogen) atoms. The lowest BCUT2D eigenvalue weighted by Gasteiger charge is -2.16. The highest BCUT2D eigenvalue weighted by Gasteiger charge is 2.32. The van der Waals surface area contributed by atoms with Gasteiger partial charge in [-0.2, -0.15) is 5.10 Å². The number of aromatic nitrogens is 2. The smallest absolute Gasteiger partial charge is 0.239 e. The van der Waals surface area contributed by atoms with E-state index in [1.807, 2.05) is 28.9 Å². The summed E-state index contributed by atoms with van der Waals surface area (Å²) in [4.78, 5) is 14.5. The van der Waals surface area contributed by atoms with Crippen molar-refractivity contribution < 1.29 is 4.79 Å². The number of likely N-dealkylation sites (tertiary alicyclic amines) is 1. The average molecular weight is 327 g/mol. The second-order valence-corrected chi connectivity index (χ2v) is 6.36. The van der Waals surface area contributed by atoms with Crippen molar-refractivity contribution in [2.45, 2.75) is 31.8 Å². The fourth-order valence-corrected chi connectivity index (χ4v) is 3.31. The van der Waals surface area contributed by atoms with E-state index in [1.165, 1.54) is 5.56 Å². The average Bonchev–Trinajstić information content (AvgIpc) is 3.15. The van der Waals surface area contributed by atoms with Crippen molar-refractivity contribution in [2.24, 2.45) is 5.73 Å². The Kier molecular flexibility index (Phi) is 5.27. The van der Waals surface area contributed by atoms with E-state index in [2.05, 4.69) is 34.4 Å². The summed E-state index contributed by atoms with van der Waals surface area (Å²) in [6.07, 6.45) is 2.69. The molecule has 6 heteroatoms. The van der Waals surface area contributed by atoms with E-state index in [9.17, 15) is 4.79 Å². The van der Waals surface area contributed by atoms with Crippen LogP contribution in [0.2, 0.25) is 0 Å². The Balaban J connectivity index is 1.56. The Morgan fingerprint density at radius 2 is 2.08 bits per heavy atom. The Bertz CT molecular complexity index is 669. The largest absolute Gasteiger partial charge is 0.326 e. The molecule has 0 unspecified atom stereocenters. The lowest BCUT2D eigenvalue weighted by atomic mass is 9.95. The minimum absolute atomic E-state index is 0.0197. The molecule has 3 rings (SSSR count). The van der Waals surface area contributed by atoms with Crippen LogP contribution in [-0.4, -0.2) is 46.3 Å². The maximum Gasteiger partial charge on any atom is 0.239 e. The van der Waals surface area contributed by atoms with Crippen molar-refractivity contribution >= 4 is 11.7 Å². The number of rotatable bonds is 6. The SMILES string of the molecule is CCCn1nccc1NC(=O)CN1C[C@@H](N)[C@H](c2ccccc2)C1. The van der Waals surface area contributed by atoms with Crippen LogP contribution >= 0.6 is 0 Å². The van der Waals surface area contributed by atoms with Crippen LogP contribution in [0.15, 0.2) is 42.6 Å². The number of carbonyl (C=O) groups is 1. The highest BCUT2D eigenvalue weighted by atomic mass is 16.2. The van der Waals surface area contributed by atoms with E-state index in [4.69, 9.17) is 5.73 Å². The van der Waals surface area contributed by atoms with E-state index < -0.39 is 0 Å². The van der Waals surface area contributed by atoms with Gasteiger partial charge in [-0.25, -0.2) is 4.68 Å². The Hall–Kier alpha value is -2.18. The van der Waals surface area contributed by atoms with Gasteiger partial charge in [0, 0.05) is 37.7 Å². The van der Waals surface area contributed by atoms with E-state index >= 15 is 0 Å². The Morgan fingerprint density at radius 1 is 1.29 bits per heavy atom. The molecule has 1 aromatic heterocycles. The number of hydrogen-bond acceptors (Lipinski definition) is 4. The number of benzene rings is 1. The summed E-state index contributed by atoms with van der Waals surface area (Å²) in [6, 6.07) is 12.2. The predicted molar refractivity (Wildman–Crippen MR) is 94.7 cm³/mol. The first kappa shape index (κ1) is 16.7. The third kappa shape index (κ3) is 3.83. The molecule has 2 heterocycles. The zero-order valence-electron chi connectivity index (χ0n) is 14.1. The molecule has 3 N–H and O–H groups in total. The fraction of sp³-hybridized carbons (Fsp3) is 0.444. The highest BCUT2D eigenvalue weighted by Crippen LogP contribution is 2.26. The topological polar surface area (TPSA) is 76.2 Å². The van der Waals surface area contributed by atoms with Crippen LogP contribution in [0.5, 0.6) is 0 Å². The summed E-state index contributed by atoms with van der Waals surface area (Å²) >= 11 is 0. The molecule has 1 aromatic carbocycles. The molecule has 1 fully saturated rings. The number of amides is 1. The molecular formula is C18H25N5O. The van der Waals surface area contributed by atoms with E-state index in [1.54, 1.807) is 6.20 Å². The standard InChI is InChI=1S/C18H25N5O/c1-2-10-23-17(8-9-20-23)21-18(24)13-22-11-15(16(19)12-22)14-6-4-3-5-7-14/h3-9,15-16H,2,10-13,19H2,1H3,(H,21,24)/t15-,16+/m0/s1. The van der Waals surface area contributed by atoms with Crippen LogP contribution in [0, 0.1) is 0 Å². The highest BCUT2D eigenvalue weighted by molar-refractivity contribution is 5.91. The van der Waals surface area contributed by atoms with Gasteiger partial charge >= 0.3 is 0 Å². The summed E-state index contributed by atoms with van der Waals surface area (Å²) < 4.78 is 1.82. The molecule has 6 nitrogen and oxygen atoms in total. The normalized spacial score (nSPS) is 21.1. The van der Waals surface area contributed by atoms with Gasteiger partial charge in [0.1, 0.15) is 5.82 Å². The van der Waals surface area contributed by atoms with Crippen LogP contribution in [0.3, 0.4) is 0 Å². The van der Waals surface area contributed by atoms with E-state index in [0.29, 0.717) is 6.54 Å². The van der Waals surface area contributed by atoms with Gasteiger partial charge in [-0.1, -0.05) is 37.3 Å². The zero-order chi connectivity index (χ0) is 16.9. The van der Waals surface area contributed by atoms with Crippen LogP contribution in [-0.2, 0) is 11.3 Å². The number of hydrogen-bond donors (Lipinski definition) is 2. The first-order valence-corrected chi connectivity index (χ1v) is 8.52.